The first-order valence-electron chi connectivity index (χ1n) is 6.09. The van der Waals surface area contributed by atoms with Crippen molar-refractivity contribution in [2.45, 2.75) is 19.4 Å². The van der Waals surface area contributed by atoms with Gasteiger partial charge in [0.1, 0.15) is 11.6 Å². The highest BCUT2D eigenvalue weighted by atomic mass is 35.5. The van der Waals surface area contributed by atoms with Gasteiger partial charge in [0.05, 0.1) is 10.6 Å². The number of rotatable bonds is 1. The molecule has 1 fully saturated rings. The van der Waals surface area contributed by atoms with Crippen LogP contribution in [0.2, 0.25) is 5.02 Å². The van der Waals surface area contributed by atoms with Crippen molar-refractivity contribution in [3.8, 4) is 0 Å². The van der Waals surface area contributed by atoms with Crippen LogP contribution in [0, 0.1) is 17.6 Å². The van der Waals surface area contributed by atoms with E-state index in [0.29, 0.717) is 19.5 Å². The van der Waals surface area contributed by atoms with Crippen LogP contribution in [0.1, 0.15) is 23.7 Å². The summed E-state index contributed by atoms with van der Waals surface area (Å²) in [6.45, 7) is 2.83. The number of piperidine rings is 1. The summed E-state index contributed by atoms with van der Waals surface area (Å²) in [7, 11) is 0. The Labute approximate surface area is 127 Å². The molecule has 2 N–H and O–H groups in total. The third-order valence-corrected chi connectivity index (χ3v) is 3.79. The lowest BCUT2D eigenvalue weighted by atomic mass is 9.94. The van der Waals surface area contributed by atoms with Crippen LogP contribution in [0.4, 0.5) is 8.78 Å². The van der Waals surface area contributed by atoms with E-state index in [4.69, 9.17) is 17.3 Å². The van der Waals surface area contributed by atoms with E-state index in [1.807, 2.05) is 6.92 Å². The zero-order valence-corrected chi connectivity index (χ0v) is 12.5. The summed E-state index contributed by atoms with van der Waals surface area (Å²) >= 11 is 5.46. The Morgan fingerprint density at radius 3 is 2.65 bits per heavy atom. The molecule has 112 valence electrons. The van der Waals surface area contributed by atoms with Crippen LogP contribution in [0.15, 0.2) is 12.1 Å². The Morgan fingerprint density at radius 1 is 1.40 bits per heavy atom. The van der Waals surface area contributed by atoms with Gasteiger partial charge in [-0.1, -0.05) is 18.5 Å². The number of nitrogens with zero attached hydrogens (tertiary/aromatic N) is 1. The number of likely N-dealkylation sites (tertiary alicyclic amines) is 1. The van der Waals surface area contributed by atoms with Crippen molar-refractivity contribution in [2.24, 2.45) is 11.7 Å². The fourth-order valence-electron chi connectivity index (χ4n) is 2.20. The zero-order valence-electron chi connectivity index (χ0n) is 10.9. The van der Waals surface area contributed by atoms with Crippen molar-refractivity contribution in [3.63, 3.8) is 0 Å². The summed E-state index contributed by atoms with van der Waals surface area (Å²) in [5.74, 6) is -1.99. The molecule has 1 aromatic rings. The van der Waals surface area contributed by atoms with E-state index in [2.05, 4.69) is 0 Å². The second kappa shape index (κ2) is 6.70. The van der Waals surface area contributed by atoms with E-state index >= 15 is 0 Å². The lowest BCUT2D eigenvalue weighted by Crippen LogP contribution is -2.48. The summed E-state index contributed by atoms with van der Waals surface area (Å²) in [4.78, 5) is 13.7. The first-order chi connectivity index (χ1) is 8.90. The highest BCUT2D eigenvalue weighted by Gasteiger charge is 2.28. The maximum Gasteiger partial charge on any atom is 0.256 e. The maximum absolute atomic E-state index is 13.7. The second-order valence-electron chi connectivity index (χ2n) is 4.93. The van der Waals surface area contributed by atoms with Gasteiger partial charge in [0.2, 0.25) is 0 Å². The van der Waals surface area contributed by atoms with Crippen LogP contribution in [0.5, 0.6) is 0 Å². The third-order valence-electron chi connectivity index (χ3n) is 3.50. The van der Waals surface area contributed by atoms with Crippen molar-refractivity contribution in [1.29, 1.82) is 0 Å². The van der Waals surface area contributed by atoms with Crippen LogP contribution in [0.3, 0.4) is 0 Å². The van der Waals surface area contributed by atoms with Crippen molar-refractivity contribution in [3.05, 3.63) is 34.4 Å². The SMILES string of the molecule is CC1CN(C(=O)c2cc(F)c(Cl)cc2F)CCC1N.Cl. The molecule has 1 aliphatic rings. The molecular weight excluding hydrogens is 309 g/mol. The van der Waals surface area contributed by atoms with E-state index in [1.54, 1.807) is 0 Å². The topological polar surface area (TPSA) is 46.3 Å². The minimum absolute atomic E-state index is 0. The molecule has 1 amide bonds. The van der Waals surface area contributed by atoms with Gasteiger partial charge >= 0.3 is 0 Å². The lowest BCUT2D eigenvalue weighted by Gasteiger charge is -2.35. The van der Waals surface area contributed by atoms with E-state index < -0.39 is 17.5 Å². The van der Waals surface area contributed by atoms with Crippen LogP contribution in [-0.2, 0) is 0 Å². The minimum Gasteiger partial charge on any atom is -0.338 e. The monoisotopic (exact) mass is 324 g/mol. The standard InChI is InChI=1S/C13H15ClF2N2O.ClH/c1-7-6-18(3-2-12(7)17)13(19)8-4-11(16)9(14)5-10(8)15;/h4-5,7,12H,2-3,6,17H2,1H3;1H. The number of carbonyl (C=O) groups is 1. The van der Waals surface area contributed by atoms with Gasteiger partial charge in [-0.25, -0.2) is 8.78 Å². The fourth-order valence-corrected chi connectivity index (χ4v) is 2.36. The highest BCUT2D eigenvalue weighted by molar-refractivity contribution is 6.30. The van der Waals surface area contributed by atoms with E-state index in [9.17, 15) is 13.6 Å². The molecule has 0 bridgehead atoms. The third kappa shape index (κ3) is 3.40. The number of amides is 1. The summed E-state index contributed by atoms with van der Waals surface area (Å²) in [6, 6.07) is 1.71. The molecule has 1 heterocycles. The Hall–Kier alpha value is -0.910. The van der Waals surface area contributed by atoms with E-state index in [-0.39, 0.29) is 35.0 Å². The largest absolute Gasteiger partial charge is 0.338 e. The van der Waals surface area contributed by atoms with Crippen LogP contribution in [-0.4, -0.2) is 29.9 Å². The Balaban J connectivity index is 0.00000200. The zero-order chi connectivity index (χ0) is 14.2. The molecule has 0 aliphatic carbocycles. The Morgan fingerprint density at radius 2 is 2.05 bits per heavy atom. The number of benzene rings is 1. The molecular formula is C13H16Cl2F2N2O. The summed E-state index contributed by atoms with van der Waals surface area (Å²) in [5.41, 5.74) is 5.58. The van der Waals surface area contributed by atoms with Gasteiger partial charge in [0.25, 0.3) is 5.91 Å². The van der Waals surface area contributed by atoms with Gasteiger partial charge in [-0.15, -0.1) is 12.4 Å². The molecule has 1 saturated heterocycles. The first-order valence-corrected chi connectivity index (χ1v) is 6.47. The molecule has 0 saturated carbocycles. The molecule has 0 spiro atoms. The molecule has 20 heavy (non-hydrogen) atoms. The van der Waals surface area contributed by atoms with Gasteiger partial charge in [0.15, 0.2) is 0 Å². The number of hydrogen-bond donors (Lipinski definition) is 1. The number of nitrogens with two attached hydrogens (primary N) is 1. The Kier molecular flexibility index (Phi) is 5.74. The summed E-state index contributed by atoms with van der Waals surface area (Å²) in [5, 5.41) is -0.330. The quantitative estimate of drug-likeness (QED) is 0.807. The first kappa shape index (κ1) is 17.1. The molecule has 2 unspecified atom stereocenters. The van der Waals surface area contributed by atoms with Crippen LogP contribution < -0.4 is 5.73 Å². The summed E-state index contributed by atoms with van der Waals surface area (Å²) < 4.78 is 27.0. The summed E-state index contributed by atoms with van der Waals surface area (Å²) in [6.07, 6.45) is 0.657. The fraction of sp³-hybridized carbons (Fsp3) is 0.462. The van der Waals surface area contributed by atoms with E-state index in [0.717, 1.165) is 12.1 Å². The lowest BCUT2D eigenvalue weighted by molar-refractivity contribution is 0.0659. The predicted molar refractivity (Wildman–Crippen MR) is 76.3 cm³/mol. The number of hydrogen-bond acceptors (Lipinski definition) is 2. The van der Waals surface area contributed by atoms with Crippen molar-refractivity contribution < 1.29 is 13.6 Å². The van der Waals surface area contributed by atoms with Gasteiger partial charge in [0, 0.05) is 19.1 Å². The number of halogens is 4. The molecule has 3 nitrogen and oxygen atoms in total. The van der Waals surface area contributed by atoms with Crippen molar-refractivity contribution in [1.82, 2.24) is 4.90 Å². The van der Waals surface area contributed by atoms with Crippen LogP contribution in [0.25, 0.3) is 0 Å². The predicted octanol–water partition coefficient (Wildman–Crippen LogP) is 2.85. The molecule has 2 atom stereocenters. The molecule has 2 rings (SSSR count). The second-order valence-corrected chi connectivity index (χ2v) is 5.33. The highest BCUT2D eigenvalue weighted by Crippen LogP contribution is 2.23. The van der Waals surface area contributed by atoms with Gasteiger partial charge in [-0.3, -0.25) is 4.79 Å². The van der Waals surface area contributed by atoms with Crippen molar-refractivity contribution >= 4 is 29.9 Å². The van der Waals surface area contributed by atoms with Gasteiger partial charge < -0.3 is 10.6 Å². The molecule has 7 heteroatoms. The molecule has 0 aromatic heterocycles. The maximum atomic E-state index is 13.7. The minimum atomic E-state index is -0.807. The normalized spacial score (nSPS) is 22.4. The average Bonchev–Trinajstić information content (AvgIpc) is 2.36. The van der Waals surface area contributed by atoms with E-state index in [1.165, 1.54) is 4.90 Å². The van der Waals surface area contributed by atoms with Gasteiger partial charge in [-0.2, -0.15) is 0 Å². The smallest absolute Gasteiger partial charge is 0.256 e. The molecule has 1 aliphatic heterocycles. The average molecular weight is 325 g/mol. The van der Waals surface area contributed by atoms with Crippen LogP contribution >= 0.6 is 24.0 Å². The molecule has 0 radical (unpaired) electrons. The number of carbonyl (C=O) groups excluding carboxylic acids is 1. The molecule has 1 aromatic carbocycles. The Bertz CT molecular complexity index is 513. The van der Waals surface area contributed by atoms with Gasteiger partial charge in [-0.05, 0) is 24.5 Å². The van der Waals surface area contributed by atoms with Crippen molar-refractivity contribution in [2.75, 3.05) is 13.1 Å².